The molecule has 2 heterocycles. The van der Waals surface area contributed by atoms with E-state index in [1.54, 1.807) is 42.6 Å². The van der Waals surface area contributed by atoms with Crippen molar-refractivity contribution in [2.24, 2.45) is 0 Å². The molecular weight excluding hydrogens is 386 g/mol. The predicted octanol–water partition coefficient (Wildman–Crippen LogP) is 4.07. The molecule has 0 radical (unpaired) electrons. The molecule has 0 saturated heterocycles. The molecule has 0 aliphatic heterocycles. The van der Waals surface area contributed by atoms with Gasteiger partial charge in [0.2, 0.25) is 0 Å². The molecule has 0 saturated carbocycles. The van der Waals surface area contributed by atoms with Crippen LogP contribution >= 0.6 is 0 Å². The smallest absolute Gasteiger partial charge is 0.283 e. The summed E-state index contributed by atoms with van der Waals surface area (Å²) < 4.78 is 30.9. The van der Waals surface area contributed by atoms with Crippen molar-refractivity contribution in [3.63, 3.8) is 0 Å². The molecule has 2 N–H and O–H groups in total. The fourth-order valence-electron chi connectivity index (χ4n) is 3.04. The van der Waals surface area contributed by atoms with Crippen LogP contribution in [0.3, 0.4) is 0 Å². The second-order valence-corrected chi connectivity index (χ2v) is 6.54. The molecule has 0 unspecified atom stereocenters. The van der Waals surface area contributed by atoms with Crippen LogP contribution in [0.15, 0.2) is 72.9 Å². The van der Waals surface area contributed by atoms with E-state index in [1.165, 1.54) is 30.3 Å². The third-order valence-electron chi connectivity index (χ3n) is 4.60. The molecule has 0 amide bonds. The van der Waals surface area contributed by atoms with Gasteiger partial charge in [-0.1, -0.05) is 24.3 Å². The Balaban J connectivity index is 1.77. The second-order valence-electron chi connectivity index (χ2n) is 6.54. The average molecular weight is 400 g/mol. The van der Waals surface area contributed by atoms with Crippen molar-refractivity contribution in [3.8, 4) is 17.3 Å². The molecular formula is C22H14F2N6. The summed E-state index contributed by atoms with van der Waals surface area (Å²) in [6.07, 6.45) is 1.57. The Labute approximate surface area is 169 Å². The summed E-state index contributed by atoms with van der Waals surface area (Å²) in [5, 5.41) is 29.8. The number of aromatic nitrogens is 3. The summed E-state index contributed by atoms with van der Waals surface area (Å²) in [5.74, 6) is -4.83. The van der Waals surface area contributed by atoms with Gasteiger partial charge < -0.3 is 0 Å². The van der Waals surface area contributed by atoms with E-state index in [-0.39, 0.29) is 11.2 Å². The second kappa shape index (κ2) is 7.29. The van der Waals surface area contributed by atoms with Crippen LogP contribution in [0.4, 0.5) is 8.78 Å². The molecule has 0 bridgehead atoms. The summed E-state index contributed by atoms with van der Waals surface area (Å²) >= 11 is 0. The maximum atomic E-state index is 15.2. The van der Waals surface area contributed by atoms with Crippen molar-refractivity contribution >= 4 is 16.7 Å². The minimum atomic E-state index is -3.69. The molecule has 0 aliphatic rings. The molecule has 4 aromatic rings. The van der Waals surface area contributed by atoms with Gasteiger partial charge in [0.1, 0.15) is 5.49 Å². The molecule has 0 fully saturated rings. The Hall–Kier alpha value is -4.25. The van der Waals surface area contributed by atoms with Gasteiger partial charge in [0.05, 0.1) is 22.8 Å². The van der Waals surface area contributed by atoms with Gasteiger partial charge >= 0.3 is 5.92 Å². The first kappa shape index (κ1) is 19.1. The highest BCUT2D eigenvalue weighted by atomic mass is 19.3. The Bertz CT molecular complexity index is 1380. The van der Waals surface area contributed by atoms with E-state index in [2.05, 4.69) is 10.1 Å². The third kappa shape index (κ3) is 3.33. The average Bonchev–Trinajstić information content (AvgIpc) is 2.78. The summed E-state index contributed by atoms with van der Waals surface area (Å²) in [7, 11) is 0. The van der Waals surface area contributed by atoms with Crippen LogP contribution in [0.5, 0.6) is 0 Å². The minimum absolute atomic E-state index is 0.270. The number of halogens is 2. The van der Waals surface area contributed by atoms with Gasteiger partial charge in [-0.3, -0.25) is 15.8 Å². The molecule has 146 valence electrons. The topological polar surface area (TPSA) is 102 Å². The van der Waals surface area contributed by atoms with Crippen molar-refractivity contribution in [1.29, 1.82) is 16.1 Å². The Morgan fingerprint density at radius 2 is 1.87 bits per heavy atom. The molecule has 8 heteroatoms. The fourth-order valence-corrected chi connectivity index (χ4v) is 3.04. The van der Waals surface area contributed by atoms with Crippen molar-refractivity contribution in [1.82, 2.24) is 14.8 Å². The Morgan fingerprint density at radius 1 is 1.03 bits per heavy atom. The van der Waals surface area contributed by atoms with Crippen molar-refractivity contribution in [2.75, 3.05) is 0 Å². The Morgan fingerprint density at radius 3 is 2.67 bits per heavy atom. The highest BCUT2D eigenvalue weighted by Gasteiger charge is 2.39. The van der Waals surface area contributed by atoms with E-state index in [1.807, 2.05) is 6.07 Å². The summed E-state index contributed by atoms with van der Waals surface area (Å²) in [6.45, 7) is 0. The normalized spacial score (nSPS) is 11.2. The Kier molecular flexibility index (Phi) is 4.64. The summed E-state index contributed by atoms with van der Waals surface area (Å²) in [4.78, 5) is 4.11. The zero-order valence-electron chi connectivity index (χ0n) is 15.5. The molecule has 4 rings (SSSR count). The number of hydrogen-bond acceptors (Lipinski definition) is 5. The van der Waals surface area contributed by atoms with Crippen molar-refractivity contribution < 1.29 is 8.78 Å². The first-order valence-corrected chi connectivity index (χ1v) is 8.88. The van der Waals surface area contributed by atoms with Crippen LogP contribution in [0, 0.1) is 22.1 Å². The van der Waals surface area contributed by atoms with Crippen molar-refractivity contribution in [2.45, 2.75) is 5.92 Å². The molecule has 30 heavy (non-hydrogen) atoms. The monoisotopic (exact) mass is 400 g/mol. The summed E-state index contributed by atoms with van der Waals surface area (Å²) in [5.41, 5.74) is 0.999. The molecule has 6 nitrogen and oxygen atoms in total. The lowest BCUT2D eigenvalue weighted by Crippen LogP contribution is -2.39. The summed E-state index contributed by atoms with van der Waals surface area (Å²) in [6, 6.07) is 18.6. The van der Waals surface area contributed by atoms with Gasteiger partial charge in [0.15, 0.2) is 5.84 Å². The van der Waals surface area contributed by atoms with Crippen LogP contribution in [-0.2, 0) is 5.92 Å². The lowest BCUT2D eigenvalue weighted by Gasteiger charge is -2.19. The fraction of sp³-hybridized carbons (Fsp3) is 0.0455. The number of nitrogens with one attached hydrogen (secondary N) is 2. The highest BCUT2D eigenvalue weighted by molar-refractivity contribution is 5.90. The van der Waals surface area contributed by atoms with E-state index in [9.17, 15) is 0 Å². The molecule has 0 spiro atoms. The molecule has 0 atom stereocenters. The molecule has 2 aromatic carbocycles. The minimum Gasteiger partial charge on any atom is -0.283 e. The lowest BCUT2D eigenvalue weighted by molar-refractivity contribution is 0.0697. The van der Waals surface area contributed by atoms with Crippen LogP contribution < -0.4 is 5.49 Å². The van der Waals surface area contributed by atoms with Gasteiger partial charge in [0.25, 0.3) is 0 Å². The maximum absolute atomic E-state index is 15.2. The van der Waals surface area contributed by atoms with E-state index in [0.29, 0.717) is 26.7 Å². The van der Waals surface area contributed by atoms with Gasteiger partial charge in [-0.15, -0.1) is 0 Å². The first-order valence-electron chi connectivity index (χ1n) is 8.88. The number of nitrogens with zero attached hydrogens (tertiary/aromatic N) is 4. The van der Waals surface area contributed by atoms with E-state index >= 15 is 8.78 Å². The van der Waals surface area contributed by atoms with Crippen LogP contribution in [0.25, 0.3) is 22.2 Å². The third-order valence-corrected chi connectivity index (χ3v) is 4.60. The largest absolute Gasteiger partial charge is 0.331 e. The van der Waals surface area contributed by atoms with Crippen LogP contribution in [0.2, 0.25) is 0 Å². The number of pyridine rings is 1. The number of fused-ring (bicyclic) bond motifs is 1. The van der Waals surface area contributed by atoms with Gasteiger partial charge in [-0.25, -0.2) is 0 Å². The first-order chi connectivity index (χ1) is 14.4. The predicted molar refractivity (Wildman–Crippen MR) is 107 cm³/mol. The zero-order valence-corrected chi connectivity index (χ0v) is 15.5. The standard InChI is InChI=1S/C22H14F2N6/c23-22(24,17-6-7-18-16(12-17)5-2-10-28-18)21(27)30-20(26)9-8-19(29-30)15-4-1-3-14(11-15)13-25/h1-12,26-27H. The number of benzene rings is 2. The van der Waals surface area contributed by atoms with Gasteiger partial charge in [0, 0.05) is 22.7 Å². The maximum Gasteiger partial charge on any atom is 0.331 e. The lowest BCUT2D eigenvalue weighted by atomic mass is 10.0. The quantitative estimate of drug-likeness (QED) is 0.400. The van der Waals surface area contributed by atoms with Crippen LogP contribution in [-0.4, -0.2) is 20.6 Å². The zero-order chi connectivity index (χ0) is 21.3. The van der Waals surface area contributed by atoms with Gasteiger partial charge in [-0.05, 0) is 42.5 Å². The van der Waals surface area contributed by atoms with Crippen molar-refractivity contribution in [3.05, 3.63) is 89.5 Å². The molecule has 0 aliphatic carbocycles. The SMILES string of the molecule is N#Cc1cccc(-c2ccc(=N)n(C(=N)C(F)(F)c3ccc4ncccc4c3)n2)c1. The number of alkyl halides is 2. The van der Waals surface area contributed by atoms with Gasteiger partial charge in [-0.2, -0.15) is 23.8 Å². The van der Waals surface area contributed by atoms with Crippen LogP contribution in [0.1, 0.15) is 11.1 Å². The van der Waals surface area contributed by atoms with E-state index in [0.717, 1.165) is 0 Å². The molecule has 2 aromatic heterocycles. The highest BCUT2D eigenvalue weighted by Crippen LogP contribution is 2.31. The van der Waals surface area contributed by atoms with E-state index in [4.69, 9.17) is 16.1 Å². The van der Waals surface area contributed by atoms with E-state index < -0.39 is 17.3 Å². The number of hydrogen-bond donors (Lipinski definition) is 2. The number of nitriles is 1. The number of rotatable bonds is 3.